The van der Waals surface area contributed by atoms with Gasteiger partial charge >= 0.3 is 0 Å². The third kappa shape index (κ3) is 2.81. The SMILES string of the molecule is COc1ccc2c(c1)CCCC2NCc1c(C)noc1C. The second kappa shape index (κ2) is 5.90. The van der Waals surface area contributed by atoms with Crippen molar-refractivity contribution in [3.05, 3.63) is 46.3 Å². The molecule has 0 saturated heterocycles. The predicted octanol–water partition coefficient (Wildman–Crippen LogP) is 3.47. The summed E-state index contributed by atoms with van der Waals surface area (Å²) in [7, 11) is 1.72. The number of aryl methyl sites for hydroxylation is 3. The highest BCUT2D eigenvalue weighted by Crippen LogP contribution is 2.32. The first kappa shape index (κ1) is 14.1. The van der Waals surface area contributed by atoms with E-state index in [1.165, 1.54) is 29.5 Å². The Morgan fingerprint density at radius 3 is 2.95 bits per heavy atom. The minimum absolute atomic E-state index is 0.397. The molecule has 1 aliphatic carbocycles. The van der Waals surface area contributed by atoms with E-state index in [1.54, 1.807) is 7.11 Å². The van der Waals surface area contributed by atoms with E-state index in [-0.39, 0.29) is 0 Å². The van der Waals surface area contributed by atoms with E-state index >= 15 is 0 Å². The van der Waals surface area contributed by atoms with E-state index in [2.05, 4.69) is 28.7 Å². The number of aromatic nitrogens is 1. The lowest BCUT2D eigenvalue weighted by atomic mass is 9.87. The molecular formula is C17H22N2O2. The highest BCUT2D eigenvalue weighted by molar-refractivity contribution is 5.39. The van der Waals surface area contributed by atoms with Crippen LogP contribution in [0.5, 0.6) is 5.75 Å². The number of nitrogens with zero attached hydrogens (tertiary/aromatic N) is 1. The average molecular weight is 286 g/mol. The minimum Gasteiger partial charge on any atom is -0.497 e. The average Bonchev–Trinajstić information content (AvgIpc) is 2.83. The number of benzene rings is 1. The van der Waals surface area contributed by atoms with E-state index in [0.717, 1.165) is 30.2 Å². The lowest BCUT2D eigenvalue weighted by molar-refractivity contribution is 0.390. The molecule has 3 rings (SSSR count). The molecule has 0 amide bonds. The van der Waals surface area contributed by atoms with Gasteiger partial charge in [0.25, 0.3) is 0 Å². The molecule has 4 heteroatoms. The predicted molar refractivity (Wildman–Crippen MR) is 81.5 cm³/mol. The Kier molecular flexibility index (Phi) is 3.97. The Bertz CT molecular complexity index is 614. The summed E-state index contributed by atoms with van der Waals surface area (Å²) in [6.45, 7) is 4.77. The van der Waals surface area contributed by atoms with Crippen molar-refractivity contribution in [2.45, 2.75) is 45.7 Å². The Balaban J connectivity index is 1.76. The van der Waals surface area contributed by atoms with Crippen molar-refractivity contribution in [2.75, 3.05) is 7.11 Å². The van der Waals surface area contributed by atoms with Gasteiger partial charge in [-0.3, -0.25) is 0 Å². The maximum atomic E-state index is 5.32. The first-order valence-electron chi connectivity index (χ1n) is 7.51. The van der Waals surface area contributed by atoms with Crippen molar-refractivity contribution < 1.29 is 9.26 Å². The summed E-state index contributed by atoms with van der Waals surface area (Å²) in [5.41, 5.74) is 4.95. The van der Waals surface area contributed by atoms with E-state index in [0.29, 0.717) is 6.04 Å². The van der Waals surface area contributed by atoms with Crippen molar-refractivity contribution in [2.24, 2.45) is 0 Å². The van der Waals surface area contributed by atoms with Crippen LogP contribution >= 0.6 is 0 Å². The first-order chi connectivity index (χ1) is 10.2. The van der Waals surface area contributed by atoms with E-state index in [9.17, 15) is 0 Å². The summed E-state index contributed by atoms with van der Waals surface area (Å²) in [6, 6.07) is 6.81. The highest BCUT2D eigenvalue weighted by atomic mass is 16.5. The van der Waals surface area contributed by atoms with Crippen LogP contribution in [-0.4, -0.2) is 12.3 Å². The summed E-state index contributed by atoms with van der Waals surface area (Å²) in [5.74, 6) is 1.85. The molecule has 0 bridgehead atoms. The van der Waals surface area contributed by atoms with Gasteiger partial charge in [-0.05, 0) is 56.4 Å². The molecule has 1 heterocycles. The number of hydrogen-bond donors (Lipinski definition) is 1. The lowest BCUT2D eigenvalue weighted by Gasteiger charge is -2.27. The van der Waals surface area contributed by atoms with Gasteiger partial charge in [-0.25, -0.2) is 0 Å². The maximum Gasteiger partial charge on any atom is 0.138 e. The van der Waals surface area contributed by atoms with Crippen LogP contribution in [0.1, 0.15) is 47.0 Å². The number of ether oxygens (including phenoxy) is 1. The van der Waals surface area contributed by atoms with Crippen molar-refractivity contribution in [3.8, 4) is 5.75 Å². The van der Waals surface area contributed by atoms with Crippen LogP contribution in [0.2, 0.25) is 0 Å². The molecule has 0 spiro atoms. The third-order valence-corrected chi connectivity index (χ3v) is 4.37. The van der Waals surface area contributed by atoms with Crippen LogP contribution in [-0.2, 0) is 13.0 Å². The van der Waals surface area contributed by atoms with Gasteiger partial charge in [-0.2, -0.15) is 0 Å². The second-order valence-corrected chi connectivity index (χ2v) is 5.69. The molecule has 1 aromatic carbocycles. The van der Waals surface area contributed by atoms with Gasteiger partial charge in [0.1, 0.15) is 11.5 Å². The smallest absolute Gasteiger partial charge is 0.138 e. The first-order valence-corrected chi connectivity index (χ1v) is 7.51. The maximum absolute atomic E-state index is 5.32. The van der Waals surface area contributed by atoms with Crippen molar-refractivity contribution in [1.82, 2.24) is 10.5 Å². The van der Waals surface area contributed by atoms with Crippen LogP contribution in [0.25, 0.3) is 0 Å². The van der Waals surface area contributed by atoms with Gasteiger partial charge in [-0.1, -0.05) is 11.2 Å². The van der Waals surface area contributed by atoms with Gasteiger partial charge in [0, 0.05) is 18.2 Å². The fourth-order valence-corrected chi connectivity index (χ4v) is 3.11. The number of rotatable bonds is 4. The Morgan fingerprint density at radius 1 is 1.38 bits per heavy atom. The van der Waals surface area contributed by atoms with Crippen LogP contribution in [0.4, 0.5) is 0 Å². The van der Waals surface area contributed by atoms with E-state index in [1.807, 2.05) is 13.8 Å². The van der Waals surface area contributed by atoms with E-state index in [4.69, 9.17) is 9.26 Å². The standard InChI is InChI=1S/C17H22N2O2/c1-11-16(12(2)21-19-11)10-18-17-6-4-5-13-9-14(20-3)7-8-15(13)17/h7-9,17-18H,4-6,10H2,1-3H3. The summed E-state index contributed by atoms with van der Waals surface area (Å²) >= 11 is 0. The second-order valence-electron chi connectivity index (χ2n) is 5.69. The molecule has 4 nitrogen and oxygen atoms in total. The molecular weight excluding hydrogens is 264 g/mol. The summed E-state index contributed by atoms with van der Waals surface area (Å²) in [6.07, 6.45) is 3.51. The summed E-state index contributed by atoms with van der Waals surface area (Å²) < 4.78 is 10.6. The Labute approximate surface area is 125 Å². The minimum atomic E-state index is 0.397. The van der Waals surface area contributed by atoms with Crippen LogP contribution < -0.4 is 10.1 Å². The molecule has 1 N–H and O–H groups in total. The summed E-state index contributed by atoms with van der Waals surface area (Å²) in [4.78, 5) is 0. The summed E-state index contributed by atoms with van der Waals surface area (Å²) in [5, 5.41) is 7.67. The van der Waals surface area contributed by atoms with Gasteiger partial charge in [0.2, 0.25) is 0 Å². The monoisotopic (exact) mass is 286 g/mol. The molecule has 21 heavy (non-hydrogen) atoms. The fraction of sp³-hybridized carbons (Fsp3) is 0.471. The zero-order valence-electron chi connectivity index (χ0n) is 12.9. The quantitative estimate of drug-likeness (QED) is 0.935. The molecule has 112 valence electrons. The molecule has 1 aliphatic rings. The number of nitrogens with one attached hydrogen (secondary N) is 1. The molecule has 2 aromatic rings. The topological polar surface area (TPSA) is 47.3 Å². The van der Waals surface area contributed by atoms with Gasteiger partial charge in [-0.15, -0.1) is 0 Å². The van der Waals surface area contributed by atoms with Crippen molar-refractivity contribution in [1.29, 1.82) is 0 Å². The Morgan fingerprint density at radius 2 is 2.24 bits per heavy atom. The largest absolute Gasteiger partial charge is 0.497 e. The normalized spacial score (nSPS) is 17.6. The van der Waals surface area contributed by atoms with Crippen LogP contribution in [0, 0.1) is 13.8 Å². The van der Waals surface area contributed by atoms with Gasteiger partial charge in [0.15, 0.2) is 0 Å². The molecule has 0 fully saturated rings. The molecule has 0 saturated carbocycles. The number of methoxy groups -OCH3 is 1. The fourth-order valence-electron chi connectivity index (χ4n) is 3.11. The number of hydrogen-bond acceptors (Lipinski definition) is 4. The van der Waals surface area contributed by atoms with Crippen molar-refractivity contribution >= 4 is 0 Å². The molecule has 0 aliphatic heterocycles. The number of fused-ring (bicyclic) bond motifs is 1. The molecule has 1 atom stereocenters. The third-order valence-electron chi connectivity index (χ3n) is 4.37. The van der Waals surface area contributed by atoms with Gasteiger partial charge < -0.3 is 14.6 Å². The molecule has 1 unspecified atom stereocenters. The highest BCUT2D eigenvalue weighted by Gasteiger charge is 2.21. The lowest BCUT2D eigenvalue weighted by Crippen LogP contribution is -2.25. The molecule has 1 aromatic heterocycles. The van der Waals surface area contributed by atoms with E-state index < -0.39 is 0 Å². The van der Waals surface area contributed by atoms with Crippen LogP contribution in [0.15, 0.2) is 22.7 Å². The zero-order chi connectivity index (χ0) is 14.8. The molecule has 0 radical (unpaired) electrons. The Hall–Kier alpha value is -1.81. The zero-order valence-corrected chi connectivity index (χ0v) is 12.9. The van der Waals surface area contributed by atoms with Gasteiger partial charge in [0.05, 0.1) is 12.8 Å². The van der Waals surface area contributed by atoms with Crippen LogP contribution in [0.3, 0.4) is 0 Å². The van der Waals surface area contributed by atoms with Crippen molar-refractivity contribution in [3.63, 3.8) is 0 Å².